The molecule has 3 amide bonds. The van der Waals surface area contributed by atoms with Gasteiger partial charge in [0.1, 0.15) is 17.4 Å². The first kappa shape index (κ1) is 35.2. The highest BCUT2D eigenvalue weighted by atomic mass is 35.5. The number of nitrogens with zero attached hydrogens (tertiary/aromatic N) is 2. The normalized spacial score (nSPS) is 16.0. The van der Waals surface area contributed by atoms with Crippen LogP contribution in [-0.2, 0) is 22.6 Å². The van der Waals surface area contributed by atoms with E-state index < -0.39 is 11.9 Å². The van der Waals surface area contributed by atoms with Crippen LogP contribution in [0.3, 0.4) is 0 Å². The van der Waals surface area contributed by atoms with Crippen LogP contribution in [0, 0.1) is 0 Å². The third-order valence-electron chi connectivity index (χ3n) is 9.73. The van der Waals surface area contributed by atoms with E-state index in [9.17, 15) is 19.2 Å². The van der Waals surface area contributed by atoms with Crippen molar-refractivity contribution in [2.75, 3.05) is 26.2 Å². The molecular formula is C40H44ClN3O6. The molecule has 6 rings (SSSR count). The fourth-order valence-corrected chi connectivity index (χ4v) is 7.03. The van der Waals surface area contributed by atoms with Gasteiger partial charge in [-0.3, -0.25) is 19.2 Å². The second-order valence-corrected chi connectivity index (χ2v) is 13.7. The molecule has 0 bridgehead atoms. The van der Waals surface area contributed by atoms with Gasteiger partial charge in [0.15, 0.2) is 11.2 Å². The van der Waals surface area contributed by atoms with Crippen molar-refractivity contribution >= 4 is 40.3 Å². The van der Waals surface area contributed by atoms with Crippen molar-refractivity contribution in [1.82, 2.24) is 15.1 Å². The summed E-state index contributed by atoms with van der Waals surface area (Å²) in [6.07, 6.45) is 6.26. The van der Waals surface area contributed by atoms with E-state index in [2.05, 4.69) is 24.4 Å². The lowest BCUT2D eigenvalue weighted by atomic mass is 9.86. The number of rotatable bonds is 12. The summed E-state index contributed by atoms with van der Waals surface area (Å²) in [6.45, 7) is 5.08. The van der Waals surface area contributed by atoms with Gasteiger partial charge in [-0.25, -0.2) is 0 Å². The van der Waals surface area contributed by atoms with Crippen molar-refractivity contribution in [2.45, 2.75) is 76.8 Å². The van der Waals surface area contributed by atoms with Crippen LogP contribution in [0.5, 0.6) is 5.75 Å². The Morgan fingerprint density at radius 1 is 0.980 bits per heavy atom. The van der Waals surface area contributed by atoms with Gasteiger partial charge in [0.05, 0.1) is 12.0 Å². The molecule has 2 aliphatic heterocycles. The Balaban J connectivity index is 1.16. The highest BCUT2D eigenvalue weighted by molar-refractivity contribution is 6.30. The summed E-state index contributed by atoms with van der Waals surface area (Å²) < 4.78 is 11.6. The standard InChI is InChI=1S/C40H44ClN3O6/c1-2-3-22-49-31-15-16-36-33(24-31)35(45)25-37(50-36)39(47)42-34(23-27-11-13-30(41)14-12-27)40(48)43-20-17-28(18-21-43)32-9-5-4-8-29(32)26-44-19-7-6-10-38(44)46/h4-5,8-9,11-16,24-25,28,34H,2-3,6-7,10,17-23,26H2,1H3,(H,42,47)/t34-/m1/s1. The number of piperidine rings is 2. The van der Waals surface area contributed by atoms with Gasteiger partial charge in [-0.2, -0.15) is 0 Å². The third-order valence-corrected chi connectivity index (χ3v) is 9.98. The molecular weight excluding hydrogens is 654 g/mol. The minimum atomic E-state index is -0.895. The SMILES string of the molecule is CCCCOc1ccc2oc(C(=O)N[C@H](Cc3ccc(Cl)cc3)C(=O)N3CCC(c4ccccc4CN4CCCCC4=O)CC3)cc(=O)c2c1. The zero-order valence-corrected chi connectivity index (χ0v) is 29.3. The van der Waals surface area contributed by atoms with Crippen LogP contribution < -0.4 is 15.5 Å². The number of carbonyl (C=O) groups is 3. The average Bonchev–Trinajstić information content (AvgIpc) is 3.13. The number of hydrogen-bond acceptors (Lipinski definition) is 6. The van der Waals surface area contributed by atoms with Gasteiger partial charge in [0.2, 0.25) is 11.8 Å². The molecule has 3 heterocycles. The molecule has 0 radical (unpaired) electrons. The summed E-state index contributed by atoms with van der Waals surface area (Å²) in [5, 5.41) is 3.76. The quantitative estimate of drug-likeness (QED) is 0.162. The number of carbonyl (C=O) groups excluding carboxylic acids is 3. The van der Waals surface area contributed by atoms with Gasteiger partial charge >= 0.3 is 0 Å². The molecule has 0 aliphatic carbocycles. The molecule has 1 aromatic heterocycles. The number of likely N-dealkylation sites (tertiary alicyclic amines) is 2. The topological polar surface area (TPSA) is 109 Å². The van der Waals surface area contributed by atoms with Gasteiger partial charge in [0, 0.05) is 50.1 Å². The van der Waals surface area contributed by atoms with Gasteiger partial charge in [-0.15, -0.1) is 0 Å². The molecule has 50 heavy (non-hydrogen) atoms. The summed E-state index contributed by atoms with van der Waals surface area (Å²) in [5.74, 6) is 0.0206. The molecule has 262 valence electrons. The van der Waals surface area contributed by atoms with E-state index >= 15 is 0 Å². The number of hydrogen-bond donors (Lipinski definition) is 1. The number of amides is 3. The van der Waals surface area contributed by atoms with Crippen LogP contribution in [0.4, 0.5) is 0 Å². The summed E-state index contributed by atoms with van der Waals surface area (Å²) in [5.41, 5.74) is 3.12. The molecule has 0 spiro atoms. The number of benzene rings is 3. The lowest BCUT2D eigenvalue weighted by Gasteiger charge is -2.36. The Labute approximate surface area is 297 Å². The lowest BCUT2D eigenvalue weighted by molar-refractivity contribution is -0.135. The Bertz CT molecular complexity index is 1880. The molecule has 1 atom stereocenters. The maximum absolute atomic E-state index is 14.1. The molecule has 3 aromatic carbocycles. The monoisotopic (exact) mass is 697 g/mol. The van der Waals surface area contributed by atoms with Gasteiger partial charge in [-0.1, -0.05) is 61.3 Å². The van der Waals surface area contributed by atoms with Crippen LogP contribution in [0.2, 0.25) is 5.02 Å². The molecule has 4 aromatic rings. The Morgan fingerprint density at radius 3 is 2.52 bits per heavy atom. The fraction of sp³-hybridized carbons (Fsp3) is 0.400. The zero-order chi connectivity index (χ0) is 35.0. The fourth-order valence-electron chi connectivity index (χ4n) is 6.90. The first-order chi connectivity index (χ1) is 24.3. The molecule has 10 heteroatoms. The average molecular weight is 698 g/mol. The predicted octanol–water partition coefficient (Wildman–Crippen LogP) is 6.89. The highest BCUT2D eigenvalue weighted by Crippen LogP contribution is 2.32. The Hall–Kier alpha value is -4.63. The van der Waals surface area contributed by atoms with Crippen LogP contribution in [0.25, 0.3) is 11.0 Å². The number of nitrogens with one attached hydrogen (secondary N) is 1. The highest BCUT2D eigenvalue weighted by Gasteiger charge is 2.32. The minimum Gasteiger partial charge on any atom is -0.494 e. The number of halogens is 1. The van der Waals surface area contributed by atoms with Crippen molar-refractivity contribution in [3.63, 3.8) is 0 Å². The van der Waals surface area contributed by atoms with Crippen LogP contribution in [-0.4, -0.2) is 59.8 Å². The van der Waals surface area contributed by atoms with E-state index in [1.54, 1.807) is 30.3 Å². The molecule has 9 nitrogen and oxygen atoms in total. The van der Waals surface area contributed by atoms with Gasteiger partial charge in [-0.05, 0) is 85.0 Å². The first-order valence-corrected chi connectivity index (χ1v) is 18.1. The molecule has 2 fully saturated rings. The maximum Gasteiger partial charge on any atom is 0.287 e. The van der Waals surface area contributed by atoms with Crippen LogP contribution >= 0.6 is 11.6 Å². The second-order valence-electron chi connectivity index (χ2n) is 13.3. The van der Waals surface area contributed by atoms with E-state index in [4.69, 9.17) is 20.8 Å². The van der Waals surface area contributed by atoms with Crippen LogP contribution in [0.1, 0.15) is 85.0 Å². The molecule has 2 aliphatic rings. The molecule has 0 unspecified atom stereocenters. The Morgan fingerprint density at radius 2 is 1.76 bits per heavy atom. The van der Waals surface area contributed by atoms with Crippen molar-refractivity contribution in [1.29, 1.82) is 0 Å². The van der Waals surface area contributed by atoms with Crippen molar-refractivity contribution in [2.24, 2.45) is 0 Å². The first-order valence-electron chi connectivity index (χ1n) is 17.7. The summed E-state index contributed by atoms with van der Waals surface area (Å²) >= 11 is 6.12. The van der Waals surface area contributed by atoms with E-state index in [0.717, 1.165) is 62.3 Å². The molecule has 2 saturated heterocycles. The Kier molecular flexibility index (Phi) is 11.5. The zero-order valence-electron chi connectivity index (χ0n) is 28.5. The third kappa shape index (κ3) is 8.56. The second kappa shape index (κ2) is 16.4. The van der Waals surface area contributed by atoms with Crippen molar-refractivity contribution < 1.29 is 23.5 Å². The van der Waals surface area contributed by atoms with Crippen LogP contribution in [0.15, 0.2) is 82.0 Å². The lowest BCUT2D eigenvalue weighted by Crippen LogP contribution is -2.51. The van der Waals surface area contributed by atoms with Gasteiger partial charge < -0.3 is 24.3 Å². The number of unbranched alkanes of at least 4 members (excludes halogenated alkanes) is 1. The largest absolute Gasteiger partial charge is 0.494 e. The minimum absolute atomic E-state index is 0.168. The molecule has 1 N–H and O–H groups in total. The van der Waals surface area contributed by atoms with Crippen molar-refractivity contribution in [3.8, 4) is 5.75 Å². The number of fused-ring (bicyclic) bond motifs is 1. The molecule has 0 saturated carbocycles. The summed E-state index contributed by atoms with van der Waals surface area (Å²) in [7, 11) is 0. The van der Waals surface area contributed by atoms with Crippen molar-refractivity contribution in [3.05, 3.63) is 110 Å². The van der Waals surface area contributed by atoms with E-state index in [-0.39, 0.29) is 40.9 Å². The maximum atomic E-state index is 14.1. The number of ether oxygens (including phenoxy) is 1. The smallest absolute Gasteiger partial charge is 0.287 e. The van der Waals surface area contributed by atoms with Gasteiger partial charge in [0.25, 0.3) is 5.91 Å². The predicted molar refractivity (Wildman–Crippen MR) is 194 cm³/mol. The van der Waals surface area contributed by atoms with E-state index in [1.165, 1.54) is 5.56 Å². The van der Waals surface area contributed by atoms with E-state index in [0.29, 0.717) is 48.8 Å². The summed E-state index contributed by atoms with van der Waals surface area (Å²) in [4.78, 5) is 57.1. The van der Waals surface area contributed by atoms with E-state index in [1.807, 2.05) is 34.1 Å². The summed E-state index contributed by atoms with van der Waals surface area (Å²) in [6, 6.07) is 20.7.